The van der Waals surface area contributed by atoms with Gasteiger partial charge >= 0.3 is 0 Å². The van der Waals surface area contributed by atoms with Crippen LogP contribution in [0.2, 0.25) is 5.02 Å². The Morgan fingerprint density at radius 2 is 1.56 bits per heavy atom. The highest BCUT2D eigenvalue weighted by Gasteiger charge is 2.19. The molecule has 0 spiro atoms. The molecule has 2 aromatic rings. The Morgan fingerprint density at radius 3 is 2.12 bits per heavy atom. The van der Waals surface area contributed by atoms with Crippen molar-refractivity contribution in [3.63, 3.8) is 0 Å². The summed E-state index contributed by atoms with van der Waals surface area (Å²) in [4.78, 5) is 24.7. The molecule has 0 heterocycles. The first-order chi connectivity index (χ1) is 15.5. The van der Waals surface area contributed by atoms with Crippen molar-refractivity contribution in [1.29, 1.82) is 0 Å². The van der Waals surface area contributed by atoms with E-state index in [1.807, 2.05) is 44.2 Å². The molecule has 0 unspecified atom stereocenters. The van der Waals surface area contributed by atoms with Gasteiger partial charge in [-0.25, -0.2) is 0 Å². The number of rotatable bonds is 13. The lowest BCUT2D eigenvalue weighted by Gasteiger charge is -2.22. The maximum atomic E-state index is 12.4. The van der Waals surface area contributed by atoms with E-state index >= 15 is 0 Å². The molecule has 0 bridgehead atoms. The van der Waals surface area contributed by atoms with E-state index in [2.05, 4.69) is 10.6 Å². The molecule has 6 nitrogen and oxygen atoms in total. The zero-order chi connectivity index (χ0) is 23.3. The summed E-state index contributed by atoms with van der Waals surface area (Å²) in [6.07, 6.45) is 3.61. The Hall–Kier alpha value is -2.73. The van der Waals surface area contributed by atoms with Gasteiger partial charge in [0.05, 0.1) is 7.11 Å². The van der Waals surface area contributed by atoms with Crippen molar-refractivity contribution in [1.82, 2.24) is 10.6 Å². The SMILES string of the molecule is CCCCC(=O)NC(NC(=O)CCCC)c1ccc(OCc2ccccc2Cl)c(OC)c1. The van der Waals surface area contributed by atoms with E-state index in [1.165, 1.54) is 0 Å². The monoisotopic (exact) mass is 460 g/mol. The number of carbonyl (C=O) groups excluding carboxylic acids is 2. The number of unbranched alkanes of at least 4 members (excludes halogenated alkanes) is 2. The summed E-state index contributed by atoms with van der Waals surface area (Å²) in [5, 5.41) is 6.49. The van der Waals surface area contributed by atoms with Gasteiger partial charge in [0.25, 0.3) is 0 Å². The highest BCUT2D eigenvalue weighted by molar-refractivity contribution is 6.31. The fourth-order valence-corrected chi connectivity index (χ4v) is 3.29. The van der Waals surface area contributed by atoms with E-state index in [1.54, 1.807) is 19.2 Å². The minimum Gasteiger partial charge on any atom is -0.493 e. The Kier molecular flexibility index (Phi) is 10.9. The first kappa shape index (κ1) is 25.5. The molecule has 0 saturated heterocycles. The van der Waals surface area contributed by atoms with Crippen LogP contribution in [0.4, 0.5) is 0 Å². The summed E-state index contributed by atoms with van der Waals surface area (Å²) in [6, 6.07) is 12.8. The van der Waals surface area contributed by atoms with Crippen LogP contribution >= 0.6 is 11.6 Å². The second-order valence-corrected chi connectivity index (χ2v) is 7.97. The third-order valence-electron chi connectivity index (χ3n) is 4.99. The Bertz CT molecular complexity index is 866. The van der Waals surface area contributed by atoms with Gasteiger partial charge in [-0.2, -0.15) is 0 Å². The second kappa shape index (κ2) is 13.6. The normalized spacial score (nSPS) is 10.7. The van der Waals surface area contributed by atoms with E-state index in [0.29, 0.717) is 41.5 Å². The Balaban J connectivity index is 2.18. The Morgan fingerprint density at radius 1 is 0.938 bits per heavy atom. The summed E-state index contributed by atoms with van der Waals surface area (Å²) in [7, 11) is 1.55. The number of nitrogens with one attached hydrogen (secondary N) is 2. The van der Waals surface area contributed by atoms with Crippen molar-refractivity contribution in [3.8, 4) is 11.5 Å². The lowest BCUT2D eigenvalue weighted by Crippen LogP contribution is -2.41. The predicted octanol–water partition coefficient (Wildman–Crippen LogP) is 5.54. The van der Waals surface area contributed by atoms with E-state index in [0.717, 1.165) is 31.2 Å². The van der Waals surface area contributed by atoms with E-state index in [-0.39, 0.29) is 11.8 Å². The van der Waals surface area contributed by atoms with E-state index < -0.39 is 6.17 Å². The zero-order valence-electron chi connectivity index (χ0n) is 19.1. The molecule has 0 aliphatic rings. The van der Waals surface area contributed by atoms with Crippen molar-refractivity contribution in [2.75, 3.05) is 7.11 Å². The van der Waals surface area contributed by atoms with Gasteiger partial charge < -0.3 is 20.1 Å². The predicted molar refractivity (Wildman–Crippen MR) is 127 cm³/mol. The van der Waals surface area contributed by atoms with Crippen LogP contribution in [0.25, 0.3) is 0 Å². The first-order valence-corrected chi connectivity index (χ1v) is 11.5. The fraction of sp³-hybridized carbons (Fsp3) is 0.440. The third kappa shape index (κ3) is 8.08. The lowest BCUT2D eigenvalue weighted by molar-refractivity contribution is -0.124. The average molecular weight is 461 g/mol. The average Bonchev–Trinajstić information content (AvgIpc) is 2.80. The number of hydrogen-bond donors (Lipinski definition) is 2. The maximum absolute atomic E-state index is 12.4. The molecule has 32 heavy (non-hydrogen) atoms. The van der Waals surface area contributed by atoms with Gasteiger partial charge in [-0.3, -0.25) is 9.59 Å². The summed E-state index contributed by atoms with van der Waals surface area (Å²) < 4.78 is 11.4. The first-order valence-electron chi connectivity index (χ1n) is 11.1. The molecule has 0 saturated carbocycles. The molecule has 2 rings (SSSR count). The fourth-order valence-electron chi connectivity index (χ4n) is 3.10. The van der Waals surface area contributed by atoms with Gasteiger partial charge in [-0.05, 0) is 36.6 Å². The number of amides is 2. The zero-order valence-corrected chi connectivity index (χ0v) is 19.8. The van der Waals surface area contributed by atoms with Crippen LogP contribution in [0.3, 0.4) is 0 Å². The maximum Gasteiger partial charge on any atom is 0.221 e. The van der Waals surface area contributed by atoms with Gasteiger partial charge in [0.15, 0.2) is 11.5 Å². The Labute approximate surface area is 195 Å². The lowest BCUT2D eigenvalue weighted by atomic mass is 10.1. The molecule has 0 aromatic heterocycles. The summed E-state index contributed by atoms with van der Waals surface area (Å²) >= 11 is 6.21. The standard InChI is InChI=1S/C25H33ClN2O4/c1-4-6-12-23(29)27-25(28-24(30)13-7-5-2)18-14-15-21(22(16-18)31-3)32-17-19-10-8-9-11-20(19)26/h8-11,14-16,25H,4-7,12-13,17H2,1-3H3,(H,27,29)(H,28,30). The molecule has 2 aromatic carbocycles. The quantitative estimate of drug-likeness (QED) is 0.385. The highest BCUT2D eigenvalue weighted by atomic mass is 35.5. The van der Waals surface area contributed by atoms with Crippen molar-refractivity contribution in [2.24, 2.45) is 0 Å². The van der Waals surface area contributed by atoms with Gasteiger partial charge in [-0.15, -0.1) is 0 Å². The summed E-state index contributed by atoms with van der Waals surface area (Å²) in [5.41, 5.74) is 1.58. The van der Waals surface area contributed by atoms with Gasteiger partial charge in [0.2, 0.25) is 11.8 Å². The smallest absolute Gasteiger partial charge is 0.221 e. The number of hydrogen-bond acceptors (Lipinski definition) is 4. The molecule has 174 valence electrons. The molecule has 0 aliphatic carbocycles. The highest BCUT2D eigenvalue weighted by Crippen LogP contribution is 2.31. The molecule has 2 amide bonds. The van der Waals surface area contributed by atoms with Crippen LogP contribution in [-0.4, -0.2) is 18.9 Å². The van der Waals surface area contributed by atoms with Crippen LogP contribution in [-0.2, 0) is 16.2 Å². The molecule has 0 aliphatic heterocycles. The molecule has 0 atom stereocenters. The largest absolute Gasteiger partial charge is 0.493 e. The van der Waals surface area contributed by atoms with Crippen molar-refractivity contribution in [3.05, 3.63) is 58.6 Å². The summed E-state index contributed by atoms with van der Waals surface area (Å²) in [6.45, 7) is 4.35. The van der Waals surface area contributed by atoms with Gasteiger partial charge in [0.1, 0.15) is 12.8 Å². The van der Waals surface area contributed by atoms with Crippen LogP contribution in [0.15, 0.2) is 42.5 Å². The van der Waals surface area contributed by atoms with E-state index in [4.69, 9.17) is 21.1 Å². The molecular formula is C25H33ClN2O4. The van der Waals surface area contributed by atoms with Crippen LogP contribution in [0.1, 0.15) is 69.7 Å². The number of carbonyl (C=O) groups is 2. The number of halogens is 1. The summed E-state index contributed by atoms with van der Waals surface area (Å²) in [5.74, 6) is 0.839. The van der Waals surface area contributed by atoms with Gasteiger partial charge in [0, 0.05) is 23.4 Å². The molecule has 0 radical (unpaired) electrons. The minimum absolute atomic E-state index is 0.106. The van der Waals surface area contributed by atoms with Crippen molar-refractivity contribution < 1.29 is 19.1 Å². The number of methoxy groups -OCH3 is 1. The minimum atomic E-state index is -0.643. The van der Waals surface area contributed by atoms with Crippen molar-refractivity contribution in [2.45, 2.75) is 65.1 Å². The van der Waals surface area contributed by atoms with E-state index in [9.17, 15) is 9.59 Å². The van der Waals surface area contributed by atoms with Gasteiger partial charge in [-0.1, -0.05) is 62.6 Å². The van der Waals surface area contributed by atoms with Crippen LogP contribution in [0, 0.1) is 0 Å². The molecule has 0 fully saturated rings. The molecule has 2 N–H and O–H groups in total. The van der Waals surface area contributed by atoms with Crippen LogP contribution < -0.4 is 20.1 Å². The second-order valence-electron chi connectivity index (χ2n) is 7.57. The molecular weight excluding hydrogens is 428 g/mol. The van der Waals surface area contributed by atoms with Crippen LogP contribution in [0.5, 0.6) is 11.5 Å². The van der Waals surface area contributed by atoms with Crippen molar-refractivity contribution >= 4 is 23.4 Å². The number of ether oxygens (including phenoxy) is 2. The molecule has 7 heteroatoms. The third-order valence-corrected chi connectivity index (χ3v) is 5.36. The number of benzene rings is 2. The topological polar surface area (TPSA) is 76.7 Å².